The Kier molecular flexibility index (Phi) is 3.96. The fourth-order valence-corrected chi connectivity index (χ4v) is 1.77. The van der Waals surface area contributed by atoms with Crippen molar-refractivity contribution in [3.05, 3.63) is 34.6 Å². The second kappa shape index (κ2) is 5.48. The zero-order valence-electron chi connectivity index (χ0n) is 10.2. The number of ether oxygens (including phenoxy) is 1. The molecule has 1 atom stereocenters. The Bertz CT molecular complexity index is 542. The SMILES string of the molecule is COCC(N)c1noc(-c2cccc(C)c2Cl)n1. The number of aryl methyl sites for hydroxylation is 1. The van der Waals surface area contributed by atoms with Crippen molar-refractivity contribution in [2.45, 2.75) is 13.0 Å². The molecule has 2 N–H and O–H groups in total. The van der Waals surface area contributed by atoms with Crippen LogP contribution in [-0.4, -0.2) is 23.9 Å². The highest BCUT2D eigenvalue weighted by Gasteiger charge is 2.17. The second-order valence-electron chi connectivity index (χ2n) is 3.96. The van der Waals surface area contributed by atoms with Crippen LogP contribution in [0, 0.1) is 6.92 Å². The van der Waals surface area contributed by atoms with Crippen LogP contribution in [0.3, 0.4) is 0 Å². The summed E-state index contributed by atoms with van der Waals surface area (Å²) in [6.07, 6.45) is 0. The monoisotopic (exact) mass is 267 g/mol. The van der Waals surface area contributed by atoms with Gasteiger partial charge >= 0.3 is 0 Å². The third kappa shape index (κ3) is 2.53. The van der Waals surface area contributed by atoms with Crippen LogP contribution in [0.25, 0.3) is 11.5 Å². The van der Waals surface area contributed by atoms with E-state index in [9.17, 15) is 0 Å². The third-order valence-electron chi connectivity index (χ3n) is 2.54. The molecule has 0 fully saturated rings. The summed E-state index contributed by atoms with van der Waals surface area (Å²) >= 11 is 6.19. The van der Waals surface area contributed by atoms with Gasteiger partial charge in [0, 0.05) is 7.11 Å². The fraction of sp³-hybridized carbons (Fsp3) is 0.333. The molecule has 0 saturated carbocycles. The first kappa shape index (κ1) is 13.0. The van der Waals surface area contributed by atoms with Gasteiger partial charge in [-0.2, -0.15) is 4.98 Å². The number of halogens is 1. The average molecular weight is 268 g/mol. The number of aromatic nitrogens is 2. The lowest BCUT2D eigenvalue weighted by Crippen LogP contribution is -2.17. The number of methoxy groups -OCH3 is 1. The molecule has 1 aromatic heterocycles. The molecule has 0 amide bonds. The van der Waals surface area contributed by atoms with Crippen molar-refractivity contribution >= 4 is 11.6 Å². The Morgan fingerprint density at radius 3 is 3.00 bits per heavy atom. The zero-order valence-corrected chi connectivity index (χ0v) is 10.9. The maximum atomic E-state index is 6.19. The lowest BCUT2D eigenvalue weighted by Gasteiger charge is -2.03. The number of nitrogens with zero attached hydrogens (tertiary/aromatic N) is 2. The van der Waals surface area contributed by atoms with Gasteiger partial charge in [-0.1, -0.05) is 28.9 Å². The first-order valence-electron chi connectivity index (χ1n) is 5.47. The Balaban J connectivity index is 2.32. The van der Waals surface area contributed by atoms with E-state index in [-0.39, 0.29) is 0 Å². The molecule has 5 nitrogen and oxygen atoms in total. The summed E-state index contributed by atoms with van der Waals surface area (Å²) in [5, 5.41) is 4.44. The van der Waals surface area contributed by atoms with Crippen LogP contribution >= 0.6 is 11.6 Å². The minimum atomic E-state index is -0.406. The van der Waals surface area contributed by atoms with E-state index in [2.05, 4.69) is 10.1 Å². The molecule has 2 aromatic rings. The zero-order chi connectivity index (χ0) is 13.1. The summed E-state index contributed by atoms with van der Waals surface area (Å²) in [4.78, 5) is 4.23. The van der Waals surface area contributed by atoms with Gasteiger partial charge in [0.2, 0.25) is 0 Å². The summed E-state index contributed by atoms with van der Waals surface area (Å²) in [6, 6.07) is 5.22. The summed E-state index contributed by atoms with van der Waals surface area (Å²) in [5.74, 6) is 0.773. The minimum absolute atomic E-state index is 0.334. The van der Waals surface area contributed by atoms with Gasteiger partial charge in [0.15, 0.2) is 5.82 Å². The normalized spacial score (nSPS) is 12.7. The van der Waals surface area contributed by atoms with Gasteiger partial charge < -0.3 is 15.0 Å². The molecule has 1 aromatic carbocycles. The Morgan fingerprint density at radius 1 is 1.50 bits per heavy atom. The molecular weight excluding hydrogens is 254 g/mol. The molecule has 1 unspecified atom stereocenters. The van der Waals surface area contributed by atoms with Crippen molar-refractivity contribution < 1.29 is 9.26 Å². The Hall–Kier alpha value is -1.43. The summed E-state index contributed by atoms with van der Waals surface area (Å²) in [7, 11) is 1.57. The van der Waals surface area contributed by atoms with Gasteiger partial charge in [0.1, 0.15) is 0 Å². The lowest BCUT2D eigenvalue weighted by atomic mass is 10.1. The highest BCUT2D eigenvalue weighted by atomic mass is 35.5. The molecule has 0 aliphatic rings. The van der Waals surface area contributed by atoms with Crippen LogP contribution in [0.15, 0.2) is 22.7 Å². The molecule has 0 radical (unpaired) electrons. The number of rotatable bonds is 4. The first-order chi connectivity index (χ1) is 8.63. The predicted molar refractivity (Wildman–Crippen MR) is 68.3 cm³/mol. The van der Waals surface area contributed by atoms with Crippen molar-refractivity contribution in [2.24, 2.45) is 5.73 Å². The van der Waals surface area contributed by atoms with E-state index in [4.69, 9.17) is 26.6 Å². The van der Waals surface area contributed by atoms with Crippen molar-refractivity contribution in [3.63, 3.8) is 0 Å². The number of nitrogens with two attached hydrogens (primary N) is 1. The standard InChI is InChI=1S/C12H14ClN3O2/c1-7-4-3-5-8(10(7)13)12-15-11(16-18-12)9(14)6-17-2/h3-5,9H,6,14H2,1-2H3. The van der Waals surface area contributed by atoms with Gasteiger partial charge in [-0.3, -0.25) is 0 Å². The molecule has 0 aliphatic heterocycles. The molecule has 0 spiro atoms. The van der Waals surface area contributed by atoms with Gasteiger partial charge in [-0.05, 0) is 18.6 Å². The van der Waals surface area contributed by atoms with E-state index in [1.807, 2.05) is 25.1 Å². The number of hydrogen-bond acceptors (Lipinski definition) is 5. The molecule has 0 bridgehead atoms. The van der Waals surface area contributed by atoms with Crippen LogP contribution < -0.4 is 5.73 Å². The third-order valence-corrected chi connectivity index (χ3v) is 3.04. The van der Waals surface area contributed by atoms with Crippen molar-refractivity contribution in [2.75, 3.05) is 13.7 Å². The van der Waals surface area contributed by atoms with Gasteiger partial charge in [0.05, 0.1) is 23.2 Å². The predicted octanol–water partition coefficient (Wildman–Crippen LogP) is 2.34. The summed E-state index contributed by atoms with van der Waals surface area (Å²) in [6.45, 7) is 2.25. The maximum absolute atomic E-state index is 6.19. The molecular formula is C12H14ClN3O2. The maximum Gasteiger partial charge on any atom is 0.259 e. The molecule has 1 heterocycles. The number of benzene rings is 1. The molecule has 96 valence electrons. The van der Waals surface area contributed by atoms with Gasteiger partial charge in [0.25, 0.3) is 5.89 Å². The molecule has 0 aliphatic carbocycles. The van der Waals surface area contributed by atoms with Crippen LogP contribution in [0.2, 0.25) is 5.02 Å². The molecule has 18 heavy (non-hydrogen) atoms. The molecule has 0 saturated heterocycles. The van der Waals surface area contributed by atoms with E-state index in [1.54, 1.807) is 7.11 Å². The summed E-state index contributed by atoms with van der Waals surface area (Å²) < 4.78 is 10.1. The van der Waals surface area contributed by atoms with E-state index < -0.39 is 6.04 Å². The van der Waals surface area contributed by atoms with Crippen LogP contribution in [0.4, 0.5) is 0 Å². The van der Waals surface area contributed by atoms with Crippen LogP contribution in [0.1, 0.15) is 17.4 Å². The highest BCUT2D eigenvalue weighted by Crippen LogP contribution is 2.29. The minimum Gasteiger partial charge on any atom is -0.383 e. The highest BCUT2D eigenvalue weighted by molar-refractivity contribution is 6.33. The summed E-state index contributed by atoms with van der Waals surface area (Å²) in [5.41, 5.74) is 7.48. The van der Waals surface area contributed by atoms with E-state index >= 15 is 0 Å². The topological polar surface area (TPSA) is 74.2 Å². The average Bonchev–Trinajstić information content (AvgIpc) is 2.82. The Labute approximate surface area is 110 Å². The van der Waals surface area contributed by atoms with Crippen LogP contribution in [-0.2, 0) is 4.74 Å². The fourth-order valence-electron chi connectivity index (χ4n) is 1.56. The lowest BCUT2D eigenvalue weighted by molar-refractivity contribution is 0.177. The quantitative estimate of drug-likeness (QED) is 0.920. The van der Waals surface area contributed by atoms with E-state index in [0.29, 0.717) is 28.9 Å². The second-order valence-corrected chi connectivity index (χ2v) is 4.33. The van der Waals surface area contributed by atoms with Crippen molar-refractivity contribution in [1.29, 1.82) is 0 Å². The first-order valence-corrected chi connectivity index (χ1v) is 5.85. The number of hydrogen-bond donors (Lipinski definition) is 1. The molecule has 2 rings (SSSR count). The largest absolute Gasteiger partial charge is 0.383 e. The van der Waals surface area contributed by atoms with Crippen LogP contribution in [0.5, 0.6) is 0 Å². The molecule has 6 heteroatoms. The smallest absolute Gasteiger partial charge is 0.259 e. The van der Waals surface area contributed by atoms with Crippen molar-refractivity contribution in [3.8, 4) is 11.5 Å². The Morgan fingerprint density at radius 2 is 2.28 bits per heavy atom. The van der Waals surface area contributed by atoms with Gasteiger partial charge in [-0.15, -0.1) is 0 Å². The van der Waals surface area contributed by atoms with Gasteiger partial charge in [-0.25, -0.2) is 0 Å². The van der Waals surface area contributed by atoms with E-state index in [1.165, 1.54) is 0 Å². The van der Waals surface area contributed by atoms with Crippen molar-refractivity contribution in [1.82, 2.24) is 10.1 Å². The van der Waals surface area contributed by atoms with E-state index in [0.717, 1.165) is 5.56 Å².